The number of carbonyl (C=O) groups is 1. The van der Waals surface area contributed by atoms with Crippen LogP contribution in [0, 0.1) is 5.92 Å². The van der Waals surface area contributed by atoms with Crippen molar-refractivity contribution >= 4 is 17.3 Å². The molecule has 1 aromatic rings. The number of fused-ring (bicyclic) bond motifs is 1. The van der Waals surface area contributed by atoms with E-state index in [4.69, 9.17) is 5.73 Å². The van der Waals surface area contributed by atoms with Crippen LogP contribution in [0.25, 0.3) is 0 Å². The molecule has 0 aromatic heterocycles. The highest BCUT2D eigenvalue weighted by Crippen LogP contribution is 2.34. The van der Waals surface area contributed by atoms with Crippen LogP contribution in [-0.4, -0.2) is 31.6 Å². The van der Waals surface area contributed by atoms with E-state index in [1.807, 2.05) is 17.0 Å². The van der Waals surface area contributed by atoms with Crippen molar-refractivity contribution in [3.05, 3.63) is 24.3 Å². The molecule has 0 radical (unpaired) electrons. The molecule has 2 N–H and O–H groups in total. The van der Waals surface area contributed by atoms with Crippen LogP contribution in [0.3, 0.4) is 0 Å². The molecule has 1 aromatic carbocycles. The average Bonchev–Trinajstić information content (AvgIpc) is 2.91. The second-order valence-electron chi connectivity index (χ2n) is 6.17. The molecule has 4 nitrogen and oxygen atoms in total. The minimum absolute atomic E-state index is 0.209. The molecule has 1 heterocycles. The molecule has 0 saturated heterocycles. The number of benzene rings is 1. The zero-order chi connectivity index (χ0) is 14.8. The lowest BCUT2D eigenvalue weighted by molar-refractivity contribution is -0.119. The van der Waals surface area contributed by atoms with Gasteiger partial charge in [-0.15, -0.1) is 0 Å². The summed E-state index contributed by atoms with van der Waals surface area (Å²) in [5, 5.41) is 0. The summed E-state index contributed by atoms with van der Waals surface area (Å²) < 4.78 is 0. The van der Waals surface area contributed by atoms with Crippen molar-refractivity contribution in [2.75, 3.05) is 29.4 Å². The lowest BCUT2D eigenvalue weighted by atomic mass is 9.99. The largest absolute Gasteiger partial charge is 0.368 e. The highest BCUT2D eigenvalue weighted by molar-refractivity contribution is 5.98. The molecule has 1 aliphatic carbocycles. The molecule has 21 heavy (non-hydrogen) atoms. The Hall–Kier alpha value is -1.55. The predicted molar refractivity (Wildman–Crippen MR) is 86.6 cm³/mol. The molecule has 1 fully saturated rings. The Labute approximate surface area is 126 Å². The molecule has 114 valence electrons. The van der Waals surface area contributed by atoms with Crippen molar-refractivity contribution in [3.63, 3.8) is 0 Å². The number of carbonyl (C=O) groups excluding carboxylic acids is 1. The van der Waals surface area contributed by atoms with E-state index >= 15 is 0 Å². The van der Waals surface area contributed by atoms with Crippen molar-refractivity contribution in [2.24, 2.45) is 11.7 Å². The van der Waals surface area contributed by atoms with Crippen LogP contribution in [0.4, 0.5) is 11.4 Å². The third kappa shape index (κ3) is 2.77. The standard InChI is InChI=1S/C17H25N3O/c1-2-19-10-11-20(16-9-4-3-8-15(16)19)17(21)12-13-6-5-7-14(13)18/h3-4,8-9,13-14H,2,5-7,10-12,18H2,1H3/t13-,14+/m0/s1. The highest BCUT2D eigenvalue weighted by Gasteiger charge is 2.31. The van der Waals surface area contributed by atoms with Gasteiger partial charge in [0, 0.05) is 32.1 Å². The second-order valence-corrected chi connectivity index (χ2v) is 6.17. The van der Waals surface area contributed by atoms with E-state index in [0.717, 1.165) is 38.2 Å². The van der Waals surface area contributed by atoms with Gasteiger partial charge in [-0.3, -0.25) is 4.79 Å². The smallest absolute Gasteiger partial charge is 0.227 e. The molecule has 1 aliphatic heterocycles. The predicted octanol–water partition coefficient (Wildman–Crippen LogP) is 2.38. The summed E-state index contributed by atoms with van der Waals surface area (Å²) in [4.78, 5) is 17.0. The van der Waals surface area contributed by atoms with E-state index < -0.39 is 0 Å². The SMILES string of the molecule is CCN1CCN(C(=O)C[C@@H]2CCC[C@H]2N)c2ccccc21. The van der Waals surface area contributed by atoms with Gasteiger partial charge in [-0.1, -0.05) is 18.6 Å². The summed E-state index contributed by atoms with van der Waals surface area (Å²) >= 11 is 0. The fourth-order valence-electron chi connectivity index (χ4n) is 3.66. The Morgan fingerprint density at radius 2 is 2.00 bits per heavy atom. The van der Waals surface area contributed by atoms with Gasteiger partial charge in [0.1, 0.15) is 0 Å². The van der Waals surface area contributed by atoms with Gasteiger partial charge in [0.05, 0.1) is 11.4 Å². The van der Waals surface area contributed by atoms with E-state index in [2.05, 4.69) is 24.0 Å². The summed E-state index contributed by atoms with van der Waals surface area (Å²) in [5.41, 5.74) is 8.35. The van der Waals surface area contributed by atoms with Crippen LogP contribution in [0.5, 0.6) is 0 Å². The Bertz CT molecular complexity index is 517. The molecule has 4 heteroatoms. The molecule has 1 saturated carbocycles. The van der Waals surface area contributed by atoms with Crippen molar-refractivity contribution in [1.29, 1.82) is 0 Å². The summed E-state index contributed by atoms with van der Waals surface area (Å²) in [5.74, 6) is 0.606. The number of nitrogens with two attached hydrogens (primary N) is 1. The molecule has 0 spiro atoms. The third-order valence-corrected chi connectivity index (χ3v) is 4.94. The summed E-state index contributed by atoms with van der Waals surface area (Å²) in [6.45, 7) is 4.83. The first kappa shape index (κ1) is 14.4. The van der Waals surface area contributed by atoms with Crippen LogP contribution in [0.2, 0.25) is 0 Å². The first-order chi connectivity index (χ1) is 10.2. The average molecular weight is 287 g/mol. The van der Waals surface area contributed by atoms with Gasteiger partial charge in [0.15, 0.2) is 0 Å². The normalized spacial score (nSPS) is 25.0. The highest BCUT2D eigenvalue weighted by atomic mass is 16.2. The fourth-order valence-corrected chi connectivity index (χ4v) is 3.66. The molecule has 2 atom stereocenters. The first-order valence-corrected chi connectivity index (χ1v) is 8.10. The quantitative estimate of drug-likeness (QED) is 0.928. The van der Waals surface area contributed by atoms with Gasteiger partial charge in [-0.05, 0) is 37.8 Å². The Balaban J connectivity index is 1.78. The van der Waals surface area contributed by atoms with E-state index in [1.165, 1.54) is 12.1 Å². The minimum atomic E-state index is 0.209. The lowest BCUT2D eigenvalue weighted by Crippen LogP contribution is -2.45. The van der Waals surface area contributed by atoms with Crippen molar-refractivity contribution in [1.82, 2.24) is 0 Å². The van der Waals surface area contributed by atoms with Crippen LogP contribution in [-0.2, 0) is 4.79 Å². The molecule has 0 unspecified atom stereocenters. The summed E-state index contributed by atoms with van der Waals surface area (Å²) in [7, 11) is 0. The van der Waals surface area contributed by atoms with Gasteiger partial charge in [0.2, 0.25) is 5.91 Å². The van der Waals surface area contributed by atoms with Gasteiger partial charge >= 0.3 is 0 Å². The second kappa shape index (κ2) is 6.06. The molecule has 2 aliphatic rings. The van der Waals surface area contributed by atoms with Gasteiger partial charge in [-0.25, -0.2) is 0 Å². The van der Waals surface area contributed by atoms with Gasteiger partial charge in [-0.2, -0.15) is 0 Å². The van der Waals surface area contributed by atoms with Crippen molar-refractivity contribution < 1.29 is 4.79 Å². The molecular formula is C17H25N3O. The first-order valence-electron chi connectivity index (χ1n) is 8.10. The van der Waals surface area contributed by atoms with Crippen LogP contribution in [0.1, 0.15) is 32.6 Å². The minimum Gasteiger partial charge on any atom is -0.368 e. The number of likely N-dealkylation sites (N-methyl/N-ethyl adjacent to an activating group) is 1. The number of hydrogen-bond donors (Lipinski definition) is 1. The maximum absolute atomic E-state index is 12.7. The maximum atomic E-state index is 12.7. The van der Waals surface area contributed by atoms with Crippen LogP contribution in [0.15, 0.2) is 24.3 Å². The maximum Gasteiger partial charge on any atom is 0.227 e. The number of nitrogens with zero attached hydrogens (tertiary/aromatic N) is 2. The number of anilines is 2. The summed E-state index contributed by atoms with van der Waals surface area (Å²) in [6.07, 6.45) is 3.93. The van der Waals surface area contributed by atoms with E-state index in [-0.39, 0.29) is 11.9 Å². The number of hydrogen-bond acceptors (Lipinski definition) is 3. The Morgan fingerprint density at radius 3 is 2.67 bits per heavy atom. The Kier molecular flexibility index (Phi) is 4.15. The fraction of sp³-hybridized carbons (Fsp3) is 0.588. The van der Waals surface area contributed by atoms with Crippen LogP contribution < -0.4 is 15.5 Å². The zero-order valence-electron chi connectivity index (χ0n) is 12.8. The number of rotatable bonds is 3. The van der Waals surface area contributed by atoms with Gasteiger partial charge < -0.3 is 15.5 Å². The molecular weight excluding hydrogens is 262 g/mol. The molecule has 3 rings (SSSR count). The van der Waals surface area contributed by atoms with E-state index in [0.29, 0.717) is 12.3 Å². The van der Waals surface area contributed by atoms with Crippen molar-refractivity contribution in [2.45, 2.75) is 38.6 Å². The molecule has 0 bridgehead atoms. The zero-order valence-corrected chi connectivity index (χ0v) is 12.8. The third-order valence-electron chi connectivity index (χ3n) is 4.94. The van der Waals surface area contributed by atoms with Gasteiger partial charge in [0.25, 0.3) is 0 Å². The number of para-hydroxylation sites is 2. The monoisotopic (exact) mass is 287 g/mol. The Morgan fingerprint density at radius 1 is 1.24 bits per heavy atom. The van der Waals surface area contributed by atoms with Crippen LogP contribution >= 0.6 is 0 Å². The van der Waals surface area contributed by atoms with Crippen molar-refractivity contribution in [3.8, 4) is 0 Å². The van der Waals surface area contributed by atoms with E-state index in [9.17, 15) is 4.79 Å². The molecule has 1 amide bonds. The van der Waals surface area contributed by atoms with E-state index in [1.54, 1.807) is 0 Å². The summed E-state index contributed by atoms with van der Waals surface area (Å²) in [6, 6.07) is 8.44. The lowest BCUT2D eigenvalue weighted by Gasteiger charge is -2.37. The number of amides is 1. The topological polar surface area (TPSA) is 49.6 Å².